The molecule has 1 aromatic heterocycles. The summed E-state index contributed by atoms with van der Waals surface area (Å²) in [6.07, 6.45) is 1.40. The van der Waals surface area contributed by atoms with Gasteiger partial charge in [0.15, 0.2) is 11.2 Å². The number of Topliss-reactive ketones (excluding diaryl/α,β-unsaturated/α-hetero) is 1. The van der Waals surface area contributed by atoms with Gasteiger partial charge in [-0.2, -0.15) is 0 Å². The highest BCUT2D eigenvalue weighted by molar-refractivity contribution is 5.95. The van der Waals surface area contributed by atoms with Crippen molar-refractivity contribution in [1.82, 2.24) is 4.57 Å². The first-order chi connectivity index (χ1) is 12.0. The number of nitrogens with zero attached hydrogens (tertiary/aromatic N) is 1. The van der Waals surface area contributed by atoms with Crippen LogP contribution in [0.25, 0.3) is 10.9 Å². The molecule has 1 amide bonds. The molecule has 0 atom stereocenters. The van der Waals surface area contributed by atoms with E-state index in [-0.39, 0.29) is 34.6 Å². The van der Waals surface area contributed by atoms with E-state index in [4.69, 9.17) is 0 Å². The Morgan fingerprint density at radius 1 is 1.08 bits per heavy atom. The minimum absolute atomic E-state index is 0.0620. The summed E-state index contributed by atoms with van der Waals surface area (Å²) in [7, 11) is 0. The SMILES string of the molecule is CC(=O)c1ccc(NC(=O)Cn2ccc(=O)c3cccc(F)c32)cc1. The highest BCUT2D eigenvalue weighted by atomic mass is 19.1. The monoisotopic (exact) mass is 338 g/mol. The van der Waals surface area contributed by atoms with E-state index in [1.54, 1.807) is 24.3 Å². The number of pyridine rings is 1. The molecule has 6 heteroatoms. The van der Waals surface area contributed by atoms with E-state index in [1.807, 2.05) is 0 Å². The second-order valence-electron chi connectivity index (χ2n) is 5.63. The van der Waals surface area contributed by atoms with Crippen LogP contribution in [0, 0.1) is 5.82 Å². The number of nitrogens with one attached hydrogen (secondary N) is 1. The Kier molecular flexibility index (Phi) is 4.43. The number of anilines is 1. The van der Waals surface area contributed by atoms with Gasteiger partial charge in [-0.3, -0.25) is 14.4 Å². The molecule has 0 saturated carbocycles. The number of hydrogen-bond donors (Lipinski definition) is 1. The molecule has 0 spiro atoms. The average Bonchev–Trinajstić information content (AvgIpc) is 2.58. The maximum absolute atomic E-state index is 14.1. The Hall–Kier alpha value is -3.28. The number of fused-ring (bicyclic) bond motifs is 1. The highest BCUT2D eigenvalue weighted by Gasteiger charge is 2.11. The fourth-order valence-corrected chi connectivity index (χ4v) is 2.60. The topological polar surface area (TPSA) is 68.2 Å². The molecule has 0 aliphatic heterocycles. The van der Waals surface area contributed by atoms with Crippen LogP contribution < -0.4 is 10.7 Å². The third kappa shape index (κ3) is 3.47. The molecule has 3 aromatic rings. The molecule has 25 heavy (non-hydrogen) atoms. The van der Waals surface area contributed by atoms with Crippen molar-refractivity contribution in [1.29, 1.82) is 0 Å². The number of ketones is 1. The van der Waals surface area contributed by atoms with Crippen molar-refractivity contribution >= 4 is 28.3 Å². The molecule has 0 aliphatic rings. The zero-order chi connectivity index (χ0) is 18.0. The molecule has 0 radical (unpaired) electrons. The lowest BCUT2D eigenvalue weighted by molar-refractivity contribution is -0.116. The van der Waals surface area contributed by atoms with E-state index < -0.39 is 5.82 Å². The van der Waals surface area contributed by atoms with Gasteiger partial charge in [0.25, 0.3) is 0 Å². The summed E-state index contributed by atoms with van der Waals surface area (Å²) >= 11 is 0. The molecule has 3 rings (SSSR count). The molecular formula is C19H15FN2O3. The van der Waals surface area contributed by atoms with Gasteiger partial charge in [-0.25, -0.2) is 4.39 Å². The number of amides is 1. The summed E-state index contributed by atoms with van der Waals surface area (Å²) in [6.45, 7) is 1.32. The second kappa shape index (κ2) is 6.68. The van der Waals surface area contributed by atoms with Crippen LogP contribution in [0.3, 0.4) is 0 Å². The number of benzene rings is 2. The number of aromatic nitrogens is 1. The first-order valence-electron chi connectivity index (χ1n) is 7.64. The van der Waals surface area contributed by atoms with Crippen LogP contribution in [0.1, 0.15) is 17.3 Å². The van der Waals surface area contributed by atoms with Crippen LogP contribution in [0.2, 0.25) is 0 Å². The summed E-state index contributed by atoms with van der Waals surface area (Å²) in [5, 5.41) is 2.91. The van der Waals surface area contributed by atoms with Gasteiger partial charge in [0.2, 0.25) is 5.91 Å². The smallest absolute Gasteiger partial charge is 0.244 e. The Morgan fingerprint density at radius 3 is 2.48 bits per heavy atom. The second-order valence-corrected chi connectivity index (χ2v) is 5.63. The fourth-order valence-electron chi connectivity index (χ4n) is 2.60. The number of rotatable bonds is 4. The number of halogens is 1. The van der Waals surface area contributed by atoms with Crippen LogP contribution >= 0.6 is 0 Å². The molecule has 0 saturated heterocycles. The number of carbonyl (C=O) groups is 2. The maximum atomic E-state index is 14.1. The summed E-state index contributed by atoms with van der Waals surface area (Å²) in [6, 6.07) is 12.0. The van der Waals surface area contributed by atoms with Gasteiger partial charge in [-0.05, 0) is 43.3 Å². The van der Waals surface area contributed by atoms with Crippen molar-refractivity contribution in [2.45, 2.75) is 13.5 Å². The van der Waals surface area contributed by atoms with Gasteiger partial charge in [0, 0.05) is 28.9 Å². The van der Waals surface area contributed by atoms with Gasteiger partial charge in [0.1, 0.15) is 12.4 Å². The standard InChI is InChI=1S/C19H15FN2O3/c1-12(23)13-5-7-14(8-6-13)21-18(25)11-22-10-9-17(24)15-3-2-4-16(20)19(15)22/h2-10H,11H2,1H3,(H,21,25). The quantitative estimate of drug-likeness (QED) is 0.744. The van der Waals surface area contributed by atoms with E-state index in [9.17, 15) is 18.8 Å². The summed E-state index contributed by atoms with van der Waals surface area (Å²) in [5.41, 5.74) is 0.871. The van der Waals surface area contributed by atoms with Crippen molar-refractivity contribution in [3.63, 3.8) is 0 Å². The third-order valence-corrected chi connectivity index (χ3v) is 3.83. The molecule has 5 nitrogen and oxygen atoms in total. The maximum Gasteiger partial charge on any atom is 0.244 e. The minimum Gasteiger partial charge on any atom is -0.335 e. The average molecular weight is 338 g/mol. The Morgan fingerprint density at radius 2 is 1.80 bits per heavy atom. The van der Waals surface area contributed by atoms with Gasteiger partial charge < -0.3 is 9.88 Å². The van der Waals surface area contributed by atoms with E-state index in [1.165, 1.54) is 42.0 Å². The van der Waals surface area contributed by atoms with E-state index in [0.29, 0.717) is 11.3 Å². The van der Waals surface area contributed by atoms with Crippen molar-refractivity contribution in [3.8, 4) is 0 Å². The molecule has 0 unspecified atom stereocenters. The number of hydrogen-bond acceptors (Lipinski definition) is 3. The first kappa shape index (κ1) is 16.6. The highest BCUT2D eigenvalue weighted by Crippen LogP contribution is 2.15. The molecule has 0 fully saturated rings. The third-order valence-electron chi connectivity index (χ3n) is 3.83. The first-order valence-corrected chi connectivity index (χ1v) is 7.64. The molecule has 0 bridgehead atoms. The normalized spacial score (nSPS) is 10.6. The van der Waals surface area contributed by atoms with Gasteiger partial charge in [-0.1, -0.05) is 6.07 Å². The zero-order valence-corrected chi connectivity index (χ0v) is 13.5. The molecule has 1 heterocycles. The van der Waals surface area contributed by atoms with E-state index >= 15 is 0 Å². The lowest BCUT2D eigenvalue weighted by atomic mass is 10.1. The molecule has 2 aromatic carbocycles. The largest absolute Gasteiger partial charge is 0.335 e. The number of para-hydroxylation sites is 1. The minimum atomic E-state index is -0.561. The van der Waals surface area contributed by atoms with Crippen LogP contribution in [-0.4, -0.2) is 16.3 Å². The molecule has 0 aliphatic carbocycles. The van der Waals surface area contributed by atoms with E-state index in [0.717, 1.165) is 0 Å². The summed E-state index contributed by atoms with van der Waals surface area (Å²) in [4.78, 5) is 35.3. The molecule has 126 valence electrons. The number of carbonyl (C=O) groups excluding carboxylic acids is 2. The predicted molar refractivity (Wildman–Crippen MR) is 93.2 cm³/mol. The van der Waals surface area contributed by atoms with Crippen LogP contribution in [0.15, 0.2) is 59.5 Å². The van der Waals surface area contributed by atoms with Crippen LogP contribution in [0.5, 0.6) is 0 Å². The zero-order valence-electron chi connectivity index (χ0n) is 13.5. The van der Waals surface area contributed by atoms with Gasteiger partial charge >= 0.3 is 0 Å². The lowest BCUT2D eigenvalue weighted by Crippen LogP contribution is -2.20. The Labute approximate surface area is 142 Å². The van der Waals surface area contributed by atoms with E-state index in [2.05, 4.69) is 5.32 Å². The Bertz CT molecular complexity index is 1020. The van der Waals surface area contributed by atoms with Crippen molar-refractivity contribution in [2.75, 3.05) is 5.32 Å². The lowest BCUT2D eigenvalue weighted by Gasteiger charge is -2.12. The Balaban J connectivity index is 1.84. The fraction of sp³-hybridized carbons (Fsp3) is 0.105. The van der Waals surface area contributed by atoms with Gasteiger partial charge in [0.05, 0.1) is 5.52 Å². The van der Waals surface area contributed by atoms with Crippen molar-refractivity contribution < 1.29 is 14.0 Å². The molecular weight excluding hydrogens is 323 g/mol. The molecule has 1 N–H and O–H groups in total. The van der Waals surface area contributed by atoms with Crippen molar-refractivity contribution in [2.24, 2.45) is 0 Å². The summed E-state index contributed by atoms with van der Waals surface area (Å²) < 4.78 is 15.5. The van der Waals surface area contributed by atoms with Crippen LogP contribution in [-0.2, 0) is 11.3 Å². The van der Waals surface area contributed by atoms with Gasteiger partial charge in [-0.15, -0.1) is 0 Å². The summed E-state index contributed by atoms with van der Waals surface area (Å²) in [5.74, 6) is -0.995. The van der Waals surface area contributed by atoms with Crippen LogP contribution in [0.4, 0.5) is 10.1 Å². The predicted octanol–water partition coefficient (Wildman–Crippen LogP) is 2.98. The van der Waals surface area contributed by atoms with Crippen molar-refractivity contribution in [3.05, 3.63) is 76.3 Å².